The lowest BCUT2D eigenvalue weighted by Gasteiger charge is -2.32. The number of hydrogen-bond acceptors (Lipinski definition) is 3. The third-order valence-corrected chi connectivity index (χ3v) is 2.68. The lowest BCUT2D eigenvalue weighted by atomic mass is 10.1. The first kappa shape index (κ1) is 12.1. The van der Waals surface area contributed by atoms with Gasteiger partial charge >= 0.3 is 0 Å². The average Bonchev–Trinajstić information content (AvgIpc) is 2.29. The van der Waals surface area contributed by atoms with Crippen molar-refractivity contribution < 1.29 is 17.6 Å². The molecule has 0 aromatic carbocycles. The van der Waals surface area contributed by atoms with Crippen LogP contribution in [-0.2, 0) is 0 Å². The lowest BCUT2D eigenvalue weighted by Crippen LogP contribution is -2.39. The first-order valence-corrected chi connectivity index (χ1v) is 5.21. The SMILES string of the molecule is FC(F)c1cncc(N2CCC(F)(F)CC2)n1. The van der Waals surface area contributed by atoms with Gasteiger partial charge in [0.05, 0.1) is 12.4 Å². The van der Waals surface area contributed by atoms with Crippen LogP contribution >= 0.6 is 0 Å². The number of aromatic nitrogens is 2. The van der Waals surface area contributed by atoms with Crippen molar-refractivity contribution in [3.8, 4) is 0 Å². The maximum absolute atomic E-state index is 12.9. The van der Waals surface area contributed by atoms with E-state index in [0.717, 1.165) is 6.20 Å². The molecule has 94 valence electrons. The second-order valence-electron chi connectivity index (χ2n) is 3.95. The summed E-state index contributed by atoms with van der Waals surface area (Å²) in [6.07, 6.45) is -0.975. The van der Waals surface area contributed by atoms with Gasteiger partial charge in [0, 0.05) is 25.9 Å². The summed E-state index contributed by atoms with van der Waals surface area (Å²) >= 11 is 0. The summed E-state index contributed by atoms with van der Waals surface area (Å²) in [5, 5.41) is 0. The minimum atomic E-state index is -2.70. The summed E-state index contributed by atoms with van der Waals surface area (Å²) in [6.45, 7) is 0.211. The molecule has 1 aromatic rings. The van der Waals surface area contributed by atoms with Crippen molar-refractivity contribution in [1.29, 1.82) is 0 Å². The monoisotopic (exact) mass is 249 g/mol. The molecule has 1 aromatic heterocycles. The first-order valence-electron chi connectivity index (χ1n) is 5.21. The lowest BCUT2D eigenvalue weighted by molar-refractivity contribution is -0.0221. The summed E-state index contributed by atoms with van der Waals surface area (Å²) in [7, 11) is 0. The van der Waals surface area contributed by atoms with Crippen molar-refractivity contribution in [3.63, 3.8) is 0 Å². The van der Waals surface area contributed by atoms with E-state index >= 15 is 0 Å². The number of nitrogens with zero attached hydrogens (tertiary/aromatic N) is 3. The topological polar surface area (TPSA) is 29.0 Å². The normalized spacial score (nSPS) is 19.7. The number of anilines is 1. The van der Waals surface area contributed by atoms with E-state index in [1.807, 2.05) is 0 Å². The van der Waals surface area contributed by atoms with Crippen molar-refractivity contribution in [2.24, 2.45) is 0 Å². The molecule has 3 nitrogen and oxygen atoms in total. The van der Waals surface area contributed by atoms with Crippen LogP contribution in [0.25, 0.3) is 0 Å². The summed E-state index contributed by atoms with van der Waals surface area (Å²) in [6, 6.07) is 0. The highest BCUT2D eigenvalue weighted by molar-refractivity contribution is 5.37. The number of piperidine rings is 1. The second kappa shape index (κ2) is 4.46. The van der Waals surface area contributed by atoms with Gasteiger partial charge in [0.15, 0.2) is 0 Å². The number of alkyl halides is 4. The summed E-state index contributed by atoms with van der Waals surface area (Å²) in [4.78, 5) is 8.91. The number of rotatable bonds is 2. The van der Waals surface area contributed by atoms with Gasteiger partial charge in [-0.15, -0.1) is 0 Å². The molecule has 0 aliphatic carbocycles. The maximum Gasteiger partial charge on any atom is 0.281 e. The summed E-state index contributed by atoms with van der Waals surface area (Å²) < 4.78 is 50.6. The third-order valence-electron chi connectivity index (χ3n) is 2.68. The van der Waals surface area contributed by atoms with Crippen molar-refractivity contribution in [3.05, 3.63) is 18.1 Å². The van der Waals surface area contributed by atoms with Crippen LogP contribution in [0.1, 0.15) is 25.0 Å². The number of halogens is 4. The smallest absolute Gasteiger partial charge is 0.281 e. The molecule has 1 fully saturated rings. The Morgan fingerprint density at radius 3 is 2.41 bits per heavy atom. The van der Waals surface area contributed by atoms with Gasteiger partial charge in [0.1, 0.15) is 11.5 Å². The molecule has 0 N–H and O–H groups in total. The standard InChI is InChI=1S/C10H11F4N3/c11-9(12)7-5-15-6-8(16-7)17-3-1-10(13,14)2-4-17/h5-6,9H,1-4H2. The zero-order chi connectivity index (χ0) is 12.5. The van der Waals surface area contributed by atoms with Crippen LogP contribution in [0.3, 0.4) is 0 Å². The fourth-order valence-corrected chi connectivity index (χ4v) is 1.69. The Labute approximate surface area is 95.5 Å². The molecular weight excluding hydrogens is 238 g/mol. The molecule has 2 rings (SSSR count). The third kappa shape index (κ3) is 2.83. The number of hydrogen-bond donors (Lipinski definition) is 0. The van der Waals surface area contributed by atoms with E-state index in [-0.39, 0.29) is 31.7 Å². The predicted molar refractivity (Wildman–Crippen MR) is 53.4 cm³/mol. The predicted octanol–water partition coefficient (Wildman–Crippen LogP) is 2.65. The zero-order valence-corrected chi connectivity index (χ0v) is 8.91. The van der Waals surface area contributed by atoms with Crippen molar-refractivity contribution >= 4 is 5.82 Å². The van der Waals surface area contributed by atoms with Gasteiger partial charge in [0.25, 0.3) is 12.3 Å². The Kier molecular flexibility index (Phi) is 3.17. The quantitative estimate of drug-likeness (QED) is 0.754. The molecule has 0 amide bonds. The Morgan fingerprint density at radius 1 is 1.18 bits per heavy atom. The minimum absolute atomic E-state index is 0.106. The fourth-order valence-electron chi connectivity index (χ4n) is 1.69. The minimum Gasteiger partial charge on any atom is -0.355 e. The maximum atomic E-state index is 12.9. The molecule has 0 saturated carbocycles. The molecule has 0 bridgehead atoms. The largest absolute Gasteiger partial charge is 0.355 e. The molecule has 0 atom stereocenters. The van der Waals surface area contributed by atoms with Crippen LogP contribution in [0, 0.1) is 0 Å². The van der Waals surface area contributed by atoms with E-state index in [2.05, 4.69) is 9.97 Å². The fraction of sp³-hybridized carbons (Fsp3) is 0.600. The van der Waals surface area contributed by atoms with E-state index in [9.17, 15) is 17.6 Å². The van der Waals surface area contributed by atoms with Crippen LogP contribution in [0.15, 0.2) is 12.4 Å². The van der Waals surface area contributed by atoms with Gasteiger partial charge in [-0.3, -0.25) is 4.98 Å². The van der Waals surface area contributed by atoms with Gasteiger partial charge in [-0.1, -0.05) is 0 Å². The van der Waals surface area contributed by atoms with E-state index in [0.29, 0.717) is 0 Å². The van der Waals surface area contributed by atoms with Crippen molar-refractivity contribution in [2.45, 2.75) is 25.2 Å². The van der Waals surface area contributed by atoms with Crippen LogP contribution in [0.5, 0.6) is 0 Å². The van der Waals surface area contributed by atoms with Crippen molar-refractivity contribution in [1.82, 2.24) is 9.97 Å². The molecule has 1 aliphatic rings. The Hall–Kier alpha value is -1.40. The molecule has 0 unspecified atom stereocenters. The van der Waals surface area contributed by atoms with Gasteiger partial charge in [-0.2, -0.15) is 0 Å². The average molecular weight is 249 g/mol. The highest BCUT2D eigenvalue weighted by Crippen LogP contribution is 2.30. The molecule has 0 spiro atoms. The van der Waals surface area contributed by atoms with Crippen LogP contribution < -0.4 is 4.90 Å². The Morgan fingerprint density at radius 2 is 1.82 bits per heavy atom. The highest BCUT2D eigenvalue weighted by atomic mass is 19.3. The molecular formula is C10H11F4N3. The van der Waals surface area contributed by atoms with E-state index in [4.69, 9.17) is 0 Å². The first-order chi connectivity index (χ1) is 7.98. The molecule has 2 heterocycles. The summed E-state index contributed by atoms with van der Waals surface area (Å²) in [5.74, 6) is -2.43. The molecule has 1 aliphatic heterocycles. The second-order valence-corrected chi connectivity index (χ2v) is 3.95. The van der Waals surface area contributed by atoms with Gasteiger partial charge < -0.3 is 4.90 Å². The van der Waals surface area contributed by atoms with E-state index < -0.39 is 18.0 Å². The van der Waals surface area contributed by atoms with Crippen molar-refractivity contribution in [2.75, 3.05) is 18.0 Å². The Bertz CT molecular complexity index is 387. The summed E-state index contributed by atoms with van der Waals surface area (Å²) in [5.41, 5.74) is -0.431. The van der Waals surface area contributed by atoms with Gasteiger partial charge in [-0.05, 0) is 0 Å². The van der Waals surface area contributed by atoms with Gasteiger partial charge in [-0.25, -0.2) is 22.5 Å². The molecule has 17 heavy (non-hydrogen) atoms. The Balaban J connectivity index is 2.10. The van der Waals surface area contributed by atoms with Crippen LogP contribution in [0.2, 0.25) is 0 Å². The molecule has 7 heteroatoms. The van der Waals surface area contributed by atoms with Crippen LogP contribution in [0.4, 0.5) is 23.4 Å². The molecule has 1 saturated heterocycles. The molecule has 0 radical (unpaired) electrons. The highest BCUT2D eigenvalue weighted by Gasteiger charge is 2.34. The van der Waals surface area contributed by atoms with Crippen LogP contribution in [-0.4, -0.2) is 29.0 Å². The zero-order valence-electron chi connectivity index (χ0n) is 8.91. The van der Waals surface area contributed by atoms with E-state index in [1.54, 1.807) is 4.90 Å². The van der Waals surface area contributed by atoms with Gasteiger partial charge in [0.2, 0.25) is 0 Å². The van der Waals surface area contributed by atoms with E-state index in [1.165, 1.54) is 6.20 Å².